The Morgan fingerprint density at radius 3 is 2.17 bits per heavy atom. The summed E-state index contributed by atoms with van der Waals surface area (Å²) in [5, 5.41) is 7.67. The molecule has 0 saturated carbocycles. The summed E-state index contributed by atoms with van der Waals surface area (Å²) in [5.74, 6) is -0.734. The molecule has 8 nitrogen and oxygen atoms in total. The van der Waals surface area contributed by atoms with Crippen LogP contribution in [0.2, 0.25) is 0 Å². The molecule has 0 spiro atoms. The quantitative estimate of drug-likeness (QED) is 0.716. The molecule has 0 radical (unpaired) electrons. The van der Waals surface area contributed by atoms with Gasteiger partial charge in [0.15, 0.2) is 5.69 Å². The van der Waals surface area contributed by atoms with Crippen molar-refractivity contribution in [1.29, 1.82) is 0 Å². The fourth-order valence-electron chi connectivity index (χ4n) is 2.03. The maximum atomic E-state index is 12.2. The molecule has 0 aliphatic rings. The Morgan fingerprint density at radius 1 is 0.958 bits per heavy atom. The zero-order chi connectivity index (χ0) is 17.5. The Balaban J connectivity index is 2.45. The van der Waals surface area contributed by atoms with Crippen molar-refractivity contribution in [2.75, 3.05) is 19.8 Å². The van der Waals surface area contributed by atoms with Crippen LogP contribution in [0, 0.1) is 0 Å². The summed E-state index contributed by atoms with van der Waals surface area (Å²) in [4.78, 5) is 24.2. The van der Waals surface area contributed by atoms with Crippen LogP contribution in [0.1, 0.15) is 41.7 Å². The number of hydrogen-bond acceptors (Lipinski definition) is 7. The highest BCUT2D eigenvalue weighted by atomic mass is 16.5. The van der Waals surface area contributed by atoms with Crippen molar-refractivity contribution in [3.63, 3.8) is 0 Å². The zero-order valence-corrected chi connectivity index (χ0v) is 13.8. The van der Waals surface area contributed by atoms with Crippen LogP contribution >= 0.6 is 0 Å². The lowest BCUT2D eigenvalue weighted by Crippen LogP contribution is -2.17. The Hall–Kier alpha value is -2.90. The van der Waals surface area contributed by atoms with Crippen LogP contribution in [0.15, 0.2) is 24.3 Å². The number of nitrogens with zero attached hydrogens (tertiary/aromatic N) is 3. The van der Waals surface area contributed by atoms with Crippen molar-refractivity contribution in [2.45, 2.75) is 20.8 Å². The number of esters is 2. The molecule has 0 fully saturated rings. The predicted octanol–water partition coefficient (Wildman–Crippen LogP) is 2.02. The molecular formula is C16H19N3O5. The Bertz CT molecular complexity index is 709. The van der Waals surface area contributed by atoms with Gasteiger partial charge in [-0.1, -0.05) is 5.21 Å². The van der Waals surface area contributed by atoms with Gasteiger partial charge in [0, 0.05) is 0 Å². The smallest absolute Gasteiger partial charge is 0.361 e. The Labute approximate surface area is 139 Å². The van der Waals surface area contributed by atoms with Crippen molar-refractivity contribution in [3.8, 4) is 11.4 Å². The van der Waals surface area contributed by atoms with Gasteiger partial charge in [0.1, 0.15) is 5.75 Å². The summed E-state index contributed by atoms with van der Waals surface area (Å²) >= 11 is 0. The average molecular weight is 333 g/mol. The van der Waals surface area contributed by atoms with Crippen LogP contribution in [-0.2, 0) is 9.47 Å². The van der Waals surface area contributed by atoms with E-state index in [-0.39, 0.29) is 24.6 Å². The molecule has 1 aromatic carbocycles. The standard InChI is InChI=1S/C16H19N3O5/c1-4-22-12-9-7-11(8-10-12)19-14(16(21)24-6-3)13(17-18-19)15(20)23-5-2/h7-10H,4-6H2,1-3H3. The van der Waals surface area contributed by atoms with Gasteiger partial charge >= 0.3 is 11.9 Å². The molecule has 128 valence electrons. The molecule has 1 heterocycles. The zero-order valence-electron chi connectivity index (χ0n) is 13.8. The molecule has 2 aromatic rings. The molecule has 0 unspecified atom stereocenters. The van der Waals surface area contributed by atoms with Crippen molar-refractivity contribution in [2.24, 2.45) is 0 Å². The molecule has 0 atom stereocenters. The summed E-state index contributed by atoms with van der Waals surface area (Å²) in [6, 6.07) is 6.88. The van der Waals surface area contributed by atoms with Gasteiger partial charge in [-0.05, 0) is 45.0 Å². The Kier molecular flexibility index (Phi) is 5.89. The first-order chi connectivity index (χ1) is 11.6. The SMILES string of the molecule is CCOC(=O)c1nnn(-c2ccc(OCC)cc2)c1C(=O)OCC. The summed E-state index contributed by atoms with van der Waals surface area (Å²) in [7, 11) is 0. The summed E-state index contributed by atoms with van der Waals surface area (Å²) < 4.78 is 16.5. The van der Waals surface area contributed by atoms with Gasteiger partial charge in [0.25, 0.3) is 0 Å². The van der Waals surface area contributed by atoms with Crippen LogP contribution in [-0.4, -0.2) is 46.8 Å². The lowest BCUT2D eigenvalue weighted by molar-refractivity contribution is 0.0469. The summed E-state index contributed by atoms with van der Waals surface area (Å²) in [5.41, 5.74) is 0.299. The van der Waals surface area contributed by atoms with E-state index in [0.717, 1.165) is 0 Å². The lowest BCUT2D eigenvalue weighted by Gasteiger charge is -2.08. The van der Waals surface area contributed by atoms with E-state index in [2.05, 4.69) is 10.3 Å². The third-order valence-electron chi connectivity index (χ3n) is 3.00. The van der Waals surface area contributed by atoms with Crippen LogP contribution in [0.4, 0.5) is 0 Å². The first-order valence-corrected chi connectivity index (χ1v) is 7.65. The number of hydrogen-bond donors (Lipinski definition) is 0. The van der Waals surface area contributed by atoms with E-state index in [9.17, 15) is 9.59 Å². The number of carbonyl (C=O) groups excluding carboxylic acids is 2. The van der Waals surface area contributed by atoms with Gasteiger partial charge < -0.3 is 14.2 Å². The molecule has 8 heteroatoms. The monoisotopic (exact) mass is 333 g/mol. The van der Waals surface area contributed by atoms with Gasteiger partial charge in [-0.3, -0.25) is 0 Å². The van der Waals surface area contributed by atoms with E-state index >= 15 is 0 Å². The van der Waals surface area contributed by atoms with Crippen LogP contribution < -0.4 is 4.74 Å². The van der Waals surface area contributed by atoms with E-state index in [1.54, 1.807) is 38.1 Å². The Morgan fingerprint density at radius 2 is 1.58 bits per heavy atom. The molecule has 0 saturated heterocycles. The molecule has 24 heavy (non-hydrogen) atoms. The van der Waals surface area contributed by atoms with Crippen molar-refractivity contribution >= 4 is 11.9 Å². The predicted molar refractivity (Wildman–Crippen MR) is 84.4 cm³/mol. The van der Waals surface area contributed by atoms with Gasteiger partial charge in [-0.2, -0.15) is 0 Å². The highest BCUT2D eigenvalue weighted by molar-refractivity contribution is 6.00. The number of carbonyl (C=O) groups is 2. The molecular weight excluding hydrogens is 314 g/mol. The fourth-order valence-corrected chi connectivity index (χ4v) is 2.03. The largest absolute Gasteiger partial charge is 0.494 e. The number of ether oxygens (including phenoxy) is 3. The maximum absolute atomic E-state index is 12.2. The highest BCUT2D eigenvalue weighted by Gasteiger charge is 2.28. The molecule has 1 aromatic heterocycles. The second-order valence-corrected chi connectivity index (χ2v) is 4.57. The normalized spacial score (nSPS) is 10.3. The molecule has 0 amide bonds. The van der Waals surface area contributed by atoms with E-state index in [0.29, 0.717) is 18.0 Å². The van der Waals surface area contributed by atoms with Gasteiger partial charge in [-0.25, -0.2) is 14.3 Å². The summed E-state index contributed by atoms with van der Waals surface area (Å²) in [6.07, 6.45) is 0. The third kappa shape index (κ3) is 3.70. The van der Waals surface area contributed by atoms with Crippen molar-refractivity contribution in [1.82, 2.24) is 15.0 Å². The van der Waals surface area contributed by atoms with Crippen LogP contribution in [0.5, 0.6) is 5.75 Å². The molecule has 0 N–H and O–H groups in total. The molecule has 2 rings (SSSR count). The van der Waals surface area contributed by atoms with E-state index in [1.807, 2.05) is 6.92 Å². The summed E-state index contributed by atoms with van der Waals surface area (Å²) in [6.45, 7) is 6.10. The lowest BCUT2D eigenvalue weighted by atomic mass is 10.2. The highest BCUT2D eigenvalue weighted by Crippen LogP contribution is 2.19. The molecule has 0 aliphatic heterocycles. The van der Waals surface area contributed by atoms with Gasteiger partial charge in [-0.15, -0.1) is 5.10 Å². The topological polar surface area (TPSA) is 92.5 Å². The van der Waals surface area contributed by atoms with E-state index < -0.39 is 11.9 Å². The minimum Gasteiger partial charge on any atom is -0.494 e. The van der Waals surface area contributed by atoms with Crippen molar-refractivity contribution < 1.29 is 23.8 Å². The van der Waals surface area contributed by atoms with Crippen LogP contribution in [0.3, 0.4) is 0 Å². The minimum absolute atomic E-state index is 0.0699. The number of benzene rings is 1. The van der Waals surface area contributed by atoms with Crippen molar-refractivity contribution in [3.05, 3.63) is 35.7 Å². The first-order valence-electron chi connectivity index (χ1n) is 7.65. The van der Waals surface area contributed by atoms with Gasteiger partial charge in [0.2, 0.25) is 5.69 Å². The number of aromatic nitrogens is 3. The van der Waals surface area contributed by atoms with Crippen LogP contribution in [0.25, 0.3) is 5.69 Å². The second-order valence-electron chi connectivity index (χ2n) is 4.57. The first kappa shape index (κ1) is 17.5. The minimum atomic E-state index is -0.724. The molecule has 0 aliphatic carbocycles. The molecule has 0 bridgehead atoms. The number of rotatable bonds is 7. The maximum Gasteiger partial charge on any atom is 0.361 e. The van der Waals surface area contributed by atoms with Gasteiger partial charge in [0.05, 0.1) is 25.5 Å². The van der Waals surface area contributed by atoms with E-state index in [4.69, 9.17) is 14.2 Å². The second kappa shape index (κ2) is 8.09. The third-order valence-corrected chi connectivity index (χ3v) is 3.00. The van der Waals surface area contributed by atoms with E-state index in [1.165, 1.54) is 4.68 Å². The average Bonchev–Trinajstić information content (AvgIpc) is 3.01. The fraction of sp³-hybridized carbons (Fsp3) is 0.375.